The maximum atomic E-state index is 11.7. The molecule has 3 N–H and O–H groups in total. The summed E-state index contributed by atoms with van der Waals surface area (Å²) < 4.78 is 5.52. The third-order valence-electron chi connectivity index (χ3n) is 3.60. The molecule has 0 spiro atoms. The van der Waals surface area contributed by atoms with E-state index < -0.39 is 18.0 Å². The fourth-order valence-electron chi connectivity index (χ4n) is 2.07. The molecule has 0 radical (unpaired) electrons. The quantitative estimate of drug-likeness (QED) is 0.645. The molecule has 2 amide bonds. The van der Waals surface area contributed by atoms with Crippen LogP contribution < -0.4 is 10.6 Å². The first-order valence-electron chi connectivity index (χ1n) is 7.01. The van der Waals surface area contributed by atoms with Gasteiger partial charge in [-0.2, -0.15) is 0 Å². The van der Waals surface area contributed by atoms with Crippen molar-refractivity contribution in [2.75, 3.05) is 33.3 Å². The fourth-order valence-corrected chi connectivity index (χ4v) is 2.07. The van der Waals surface area contributed by atoms with Gasteiger partial charge in [0, 0.05) is 19.6 Å². The Morgan fingerprint density at radius 2 is 2.20 bits per heavy atom. The van der Waals surface area contributed by atoms with Gasteiger partial charge in [-0.05, 0) is 13.0 Å². The highest BCUT2D eigenvalue weighted by molar-refractivity contribution is 5.82. The summed E-state index contributed by atoms with van der Waals surface area (Å²) in [6.45, 7) is 6.37. The molecule has 0 bridgehead atoms. The molecule has 1 saturated heterocycles. The molecule has 3 atom stereocenters. The summed E-state index contributed by atoms with van der Waals surface area (Å²) in [6.07, 6.45) is 0.639. The first-order chi connectivity index (χ1) is 9.43. The van der Waals surface area contributed by atoms with E-state index >= 15 is 0 Å². The minimum atomic E-state index is -1.01. The third-order valence-corrected chi connectivity index (χ3v) is 3.60. The molecule has 1 fully saturated rings. The van der Waals surface area contributed by atoms with E-state index in [-0.39, 0.29) is 12.0 Å². The predicted molar refractivity (Wildman–Crippen MR) is 74.7 cm³/mol. The maximum Gasteiger partial charge on any atom is 0.326 e. The van der Waals surface area contributed by atoms with Crippen LogP contribution >= 0.6 is 0 Å². The maximum absolute atomic E-state index is 11.7. The Labute approximate surface area is 119 Å². The van der Waals surface area contributed by atoms with E-state index in [1.54, 1.807) is 6.92 Å². The van der Waals surface area contributed by atoms with E-state index in [9.17, 15) is 9.59 Å². The number of carbonyl (C=O) groups is 2. The van der Waals surface area contributed by atoms with Crippen LogP contribution in [0.1, 0.15) is 20.3 Å². The zero-order chi connectivity index (χ0) is 15.1. The second-order valence-electron chi connectivity index (χ2n) is 5.31. The molecule has 7 heteroatoms. The van der Waals surface area contributed by atoms with E-state index in [0.717, 1.165) is 13.1 Å². The van der Waals surface area contributed by atoms with Crippen LogP contribution in [0, 0.1) is 5.92 Å². The van der Waals surface area contributed by atoms with E-state index in [1.807, 2.05) is 14.0 Å². The molecule has 116 valence electrons. The number of likely N-dealkylation sites (N-methyl/N-ethyl adjacent to an activating group) is 1. The zero-order valence-electron chi connectivity index (χ0n) is 12.4. The smallest absolute Gasteiger partial charge is 0.326 e. The van der Waals surface area contributed by atoms with Gasteiger partial charge in [-0.25, -0.2) is 9.59 Å². The van der Waals surface area contributed by atoms with Crippen molar-refractivity contribution in [3.8, 4) is 0 Å². The van der Waals surface area contributed by atoms with Crippen molar-refractivity contribution in [1.82, 2.24) is 15.5 Å². The van der Waals surface area contributed by atoms with Gasteiger partial charge >= 0.3 is 12.0 Å². The Bertz CT molecular complexity index is 338. The summed E-state index contributed by atoms with van der Waals surface area (Å²) >= 11 is 0. The van der Waals surface area contributed by atoms with E-state index in [1.165, 1.54) is 0 Å². The van der Waals surface area contributed by atoms with Crippen LogP contribution in [-0.4, -0.2) is 67.4 Å². The molecule has 20 heavy (non-hydrogen) atoms. The van der Waals surface area contributed by atoms with Crippen molar-refractivity contribution in [3.63, 3.8) is 0 Å². The summed E-state index contributed by atoms with van der Waals surface area (Å²) in [6, 6.07) is -1.33. The molecule has 0 aromatic rings. The van der Waals surface area contributed by atoms with Gasteiger partial charge in [-0.1, -0.05) is 20.3 Å². The van der Waals surface area contributed by atoms with Crippen LogP contribution in [0.15, 0.2) is 0 Å². The summed E-state index contributed by atoms with van der Waals surface area (Å²) in [5, 5.41) is 14.3. The topological polar surface area (TPSA) is 90.9 Å². The lowest BCUT2D eigenvalue weighted by atomic mass is 9.99. The fraction of sp³-hybridized carbons (Fsp3) is 0.846. The van der Waals surface area contributed by atoms with Crippen LogP contribution in [0.2, 0.25) is 0 Å². The molecule has 3 unspecified atom stereocenters. The number of amides is 2. The molecule has 0 saturated carbocycles. The first-order valence-corrected chi connectivity index (χ1v) is 7.01. The zero-order valence-corrected chi connectivity index (χ0v) is 12.4. The Kier molecular flexibility index (Phi) is 6.74. The van der Waals surface area contributed by atoms with Crippen LogP contribution in [0.4, 0.5) is 4.79 Å². The van der Waals surface area contributed by atoms with Crippen LogP contribution in [0.25, 0.3) is 0 Å². The Morgan fingerprint density at radius 3 is 2.75 bits per heavy atom. The van der Waals surface area contributed by atoms with Gasteiger partial charge in [0.1, 0.15) is 6.04 Å². The summed E-state index contributed by atoms with van der Waals surface area (Å²) in [7, 11) is 2.00. The molecule has 1 rings (SSSR count). The Balaban J connectivity index is 2.36. The lowest BCUT2D eigenvalue weighted by molar-refractivity contribution is -0.140. The minimum Gasteiger partial charge on any atom is -0.480 e. The van der Waals surface area contributed by atoms with Crippen molar-refractivity contribution in [2.45, 2.75) is 32.4 Å². The van der Waals surface area contributed by atoms with E-state index in [0.29, 0.717) is 19.6 Å². The Hall–Kier alpha value is -1.34. The number of hydrogen-bond acceptors (Lipinski definition) is 4. The molecular formula is C13H25N3O4. The van der Waals surface area contributed by atoms with Crippen molar-refractivity contribution in [3.05, 3.63) is 0 Å². The summed E-state index contributed by atoms with van der Waals surface area (Å²) in [5.74, 6) is -1.13. The highest BCUT2D eigenvalue weighted by Gasteiger charge is 2.25. The number of morpholine rings is 1. The number of nitrogens with zero attached hydrogens (tertiary/aromatic N) is 1. The first kappa shape index (κ1) is 16.7. The summed E-state index contributed by atoms with van der Waals surface area (Å²) in [5.41, 5.74) is 0. The number of carbonyl (C=O) groups excluding carboxylic acids is 1. The monoisotopic (exact) mass is 287 g/mol. The standard InChI is InChI=1S/C13H25N3O4/c1-4-9(2)11(12(17)18)15-13(19)14-7-10-8-16(3)5-6-20-10/h9-11H,4-8H2,1-3H3,(H,17,18)(H2,14,15,19). The molecule has 0 aliphatic carbocycles. The Morgan fingerprint density at radius 1 is 1.50 bits per heavy atom. The molecule has 1 aliphatic rings. The molecule has 1 aliphatic heterocycles. The largest absolute Gasteiger partial charge is 0.480 e. The average molecular weight is 287 g/mol. The molecule has 0 aromatic carbocycles. The number of carboxylic acids is 1. The van der Waals surface area contributed by atoms with Crippen LogP contribution in [0.3, 0.4) is 0 Å². The van der Waals surface area contributed by atoms with Crippen molar-refractivity contribution in [2.24, 2.45) is 5.92 Å². The lowest BCUT2D eigenvalue weighted by Gasteiger charge is -2.30. The third kappa shape index (κ3) is 5.34. The number of carboxylic acid groups (broad SMARTS) is 1. The number of nitrogens with one attached hydrogen (secondary N) is 2. The molecular weight excluding hydrogens is 262 g/mol. The normalized spacial score (nSPS) is 22.9. The lowest BCUT2D eigenvalue weighted by Crippen LogP contribution is -2.52. The molecule has 0 aromatic heterocycles. The van der Waals surface area contributed by atoms with Crippen molar-refractivity contribution in [1.29, 1.82) is 0 Å². The van der Waals surface area contributed by atoms with Gasteiger partial charge < -0.3 is 25.4 Å². The number of ether oxygens (including phenoxy) is 1. The van der Waals surface area contributed by atoms with E-state index in [4.69, 9.17) is 9.84 Å². The summed E-state index contributed by atoms with van der Waals surface area (Å²) in [4.78, 5) is 25.0. The number of rotatable bonds is 6. The van der Waals surface area contributed by atoms with Crippen LogP contribution in [-0.2, 0) is 9.53 Å². The minimum absolute atomic E-state index is 0.0497. The number of urea groups is 1. The van der Waals surface area contributed by atoms with Gasteiger partial charge in [0.05, 0.1) is 12.7 Å². The number of hydrogen-bond donors (Lipinski definition) is 3. The van der Waals surface area contributed by atoms with Gasteiger partial charge in [-0.15, -0.1) is 0 Å². The van der Waals surface area contributed by atoms with Crippen molar-refractivity contribution >= 4 is 12.0 Å². The van der Waals surface area contributed by atoms with Crippen molar-refractivity contribution < 1.29 is 19.4 Å². The second-order valence-corrected chi connectivity index (χ2v) is 5.31. The second kappa shape index (κ2) is 8.06. The van der Waals surface area contributed by atoms with Gasteiger partial charge in [0.25, 0.3) is 0 Å². The van der Waals surface area contributed by atoms with Gasteiger partial charge in [0.15, 0.2) is 0 Å². The van der Waals surface area contributed by atoms with E-state index in [2.05, 4.69) is 15.5 Å². The predicted octanol–water partition coefficient (Wildman–Crippen LogP) is 0.116. The SMILES string of the molecule is CCC(C)C(NC(=O)NCC1CN(C)CCO1)C(=O)O. The number of aliphatic carboxylic acids is 1. The van der Waals surface area contributed by atoms with Gasteiger partial charge in [0.2, 0.25) is 0 Å². The highest BCUT2D eigenvalue weighted by Crippen LogP contribution is 2.07. The molecule has 1 heterocycles. The average Bonchev–Trinajstić information content (AvgIpc) is 2.41. The van der Waals surface area contributed by atoms with Crippen LogP contribution in [0.5, 0.6) is 0 Å². The van der Waals surface area contributed by atoms with Gasteiger partial charge in [-0.3, -0.25) is 0 Å². The molecule has 7 nitrogen and oxygen atoms in total. The highest BCUT2D eigenvalue weighted by atomic mass is 16.5.